The van der Waals surface area contributed by atoms with Crippen LogP contribution in [0.5, 0.6) is 5.75 Å². The molecule has 1 aromatic carbocycles. The van der Waals surface area contributed by atoms with Crippen LogP contribution in [0.2, 0.25) is 5.15 Å². The van der Waals surface area contributed by atoms with Crippen molar-refractivity contribution >= 4 is 46.8 Å². The molecule has 1 atom stereocenters. The summed E-state index contributed by atoms with van der Waals surface area (Å²) < 4.78 is 5.77. The Morgan fingerprint density at radius 2 is 1.82 bits per heavy atom. The van der Waals surface area contributed by atoms with Gasteiger partial charge in [-0.3, -0.25) is 4.79 Å². The zero-order valence-electron chi connectivity index (χ0n) is 22.2. The van der Waals surface area contributed by atoms with Crippen molar-refractivity contribution in [2.75, 3.05) is 74.5 Å². The fourth-order valence-corrected chi connectivity index (χ4v) is 5.73. The molecule has 12 heteroatoms. The number of ether oxygens (including phenoxy) is 1. The van der Waals surface area contributed by atoms with Crippen LogP contribution in [0.25, 0.3) is 0 Å². The molecule has 0 radical (unpaired) electrons. The number of halogens is 1. The average molecular weight is 562 g/mol. The second-order valence-electron chi connectivity index (χ2n) is 9.21. The number of hydrogen-bond acceptors (Lipinski definition) is 8. The summed E-state index contributed by atoms with van der Waals surface area (Å²) in [7, 11) is 0. The van der Waals surface area contributed by atoms with Crippen LogP contribution in [-0.2, 0) is 4.79 Å². The lowest BCUT2D eigenvalue weighted by Crippen LogP contribution is -2.56. The SMILES string of the molecule is CCNC(=O)N1CCN(c2cc(Cl)nc(SCC(=O)N3CCN(c4ccccc4OCC)CC3)n2)C[C@H]1C. The maximum Gasteiger partial charge on any atom is 0.317 e. The molecular formula is C26H36ClN7O3S. The van der Waals surface area contributed by atoms with Crippen LogP contribution in [-0.4, -0.2) is 102 Å². The van der Waals surface area contributed by atoms with Crippen LogP contribution in [0, 0.1) is 0 Å². The number of thioether (sulfide) groups is 1. The van der Waals surface area contributed by atoms with Crippen LogP contribution in [0.1, 0.15) is 20.8 Å². The number of piperazine rings is 2. The molecule has 2 aromatic rings. The standard InChI is InChI=1S/C26H36ClN7O3S/c1-4-28-26(36)34-15-14-33(17-19(34)3)23-16-22(27)29-25(30-23)38-18-24(35)32-12-10-31(11-13-32)20-8-6-7-9-21(20)37-5-2/h6-9,16,19H,4-5,10-15,17-18H2,1-3H3,(H,28,36)/t19-/m1/s1. The van der Waals surface area contributed by atoms with Crippen molar-refractivity contribution < 1.29 is 14.3 Å². The summed E-state index contributed by atoms with van der Waals surface area (Å²) in [6.07, 6.45) is 0. The van der Waals surface area contributed by atoms with E-state index < -0.39 is 0 Å². The first kappa shape index (κ1) is 28.1. The number of para-hydroxylation sites is 2. The Morgan fingerprint density at radius 3 is 2.53 bits per heavy atom. The zero-order valence-corrected chi connectivity index (χ0v) is 23.8. The Bertz CT molecular complexity index is 1120. The van der Waals surface area contributed by atoms with Crippen molar-refractivity contribution in [1.82, 2.24) is 25.1 Å². The highest BCUT2D eigenvalue weighted by Gasteiger charge is 2.28. The molecule has 2 saturated heterocycles. The number of nitrogens with zero attached hydrogens (tertiary/aromatic N) is 6. The number of benzene rings is 1. The summed E-state index contributed by atoms with van der Waals surface area (Å²) in [5, 5.41) is 3.68. The summed E-state index contributed by atoms with van der Waals surface area (Å²) >= 11 is 7.62. The number of carbonyl (C=O) groups is 2. The molecule has 4 rings (SSSR count). The van der Waals surface area contributed by atoms with Gasteiger partial charge >= 0.3 is 6.03 Å². The van der Waals surface area contributed by atoms with Gasteiger partial charge in [-0.05, 0) is 32.9 Å². The van der Waals surface area contributed by atoms with Gasteiger partial charge in [0.1, 0.15) is 16.7 Å². The molecule has 2 aliphatic rings. The highest BCUT2D eigenvalue weighted by molar-refractivity contribution is 7.99. The van der Waals surface area contributed by atoms with E-state index in [4.69, 9.17) is 16.3 Å². The third kappa shape index (κ3) is 6.93. The van der Waals surface area contributed by atoms with E-state index in [1.165, 1.54) is 11.8 Å². The summed E-state index contributed by atoms with van der Waals surface area (Å²) in [6.45, 7) is 11.8. The second-order valence-corrected chi connectivity index (χ2v) is 10.5. The van der Waals surface area contributed by atoms with Crippen LogP contribution in [0.4, 0.5) is 16.3 Å². The van der Waals surface area contributed by atoms with Gasteiger partial charge in [-0.15, -0.1) is 0 Å². The molecule has 2 aliphatic heterocycles. The lowest BCUT2D eigenvalue weighted by Gasteiger charge is -2.40. The predicted molar refractivity (Wildman–Crippen MR) is 152 cm³/mol. The Hall–Kier alpha value is -2.92. The minimum Gasteiger partial charge on any atom is -0.492 e. The Kier molecular flexibility index (Phi) is 9.79. The van der Waals surface area contributed by atoms with E-state index in [0.29, 0.717) is 62.0 Å². The van der Waals surface area contributed by atoms with E-state index in [1.807, 2.05) is 48.8 Å². The van der Waals surface area contributed by atoms with Crippen molar-refractivity contribution in [3.05, 3.63) is 35.5 Å². The minimum atomic E-state index is -0.0468. The molecule has 206 valence electrons. The number of aromatic nitrogens is 2. The molecule has 0 saturated carbocycles. The molecule has 10 nitrogen and oxygen atoms in total. The summed E-state index contributed by atoms with van der Waals surface area (Å²) in [4.78, 5) is 42.4. The average Bonchev–Trinajstić information content (AvgIpc) is 2.92. The minimum absolute atomic E-state index is 0.0286. The summed E-state index contributed by atoms with van der Waals surface area (Å²) in [5.74, 6) is 1.89. The van der Waals surface area contributed by atoms with Crippen LogP contribution in [0.3, 0.4) is 0 Å². The number of amides is 3. The maximum atomic E-state index is 13.0. The molecule has 0 unspecified atom stereocenters. The highest BCUT2D eigenvalue weighted by Crippen LogP contribution is 2.29. The van der Waals surface area contributed by atoms with Crippen molar-refractivity contribution in [2.45, 2.75) is 32.0 Å². The number of rotatable bonds is 8. The molecule has 0 aliphatic carbocycles. The highest BCUT2D eigenvalue weighted by atomic mass is 35.5. The van der Waals surface area contributed by atoms with Gasteiger partial charge in [-0.2, -0.15) is 0 Å². The summed E-state index contributed by atoms with van der Waals surface area (Å²) in [5.41, 5.74) is 1.07. The first-order valence-electron chi connectivity index (χ1n) is 13.1. The molecular weight excluding hydrogens is 526 g/mol. The zero-order chi connectivity index (χ0) is 27.1. The van der Waals surface area contributed by atoms with Gasteiger partial charge in [0.15, 0.2) is 5.16 Å². The largest absolute Gasteiger partial charge is 0.492 e. The van der Waals surface area contributed by atoms with Crippen LogP contribution >= 0.6 is 23.4 Å². The number of urea groups is 1. The second kappa shape index (κ2) is 13.2. The summed E-state index contributed by atoms with van der Waals surface area (Å²) in [6, 6.07) is 9.75. The fraction of sp³-hybridized carbons (Fsp3) is 0.538. The normalized spacial score (nSPS) is 17.9. The van der Waals surface area contributed by atoms with Gasteiger partial charge < -0.3 is 29.7 Å². The Balaban J connectivity index is 1.30. The van der Waals surface area contributed by atoms with Crippen molar-refractivity contribution in [3.63, 3.8) is 0 Å². The van der Waals surface area contributed by atoms with E-state index in [-0.39, 0.29) is 23.7 Å². The van der Waals surface area contributed by atoms with Gasteiger partial charge in [-0.1, -0.05) is 35.5 Å². The first-order valence-corrected chi connectivity index (χ1v) is 14.5. The lowest BCUT2D eigenvalue weighted by atomic mass is 10.2. The van der Waals surface area contributed by atoms with Crippen molar-refractivity contribution in [2.24, 2.45) is 0 Å². The van der Waals surface area contributed by atoms with E-state index in [0.717, 1.165) is 24.5 Å². The van der Waals surface area contributed by atoms with E-state index in [9.17, 15) is 9.59 Å². The molecule has 1 N–H and O–H groups in total. The van der Waals surface area contributed by atoms with Crippen LogP contribution in [0.15, 0.2) is 35.5 Å². The monoisotopic (exact) mass is 561 g/mol. The predicted octanol–water partition coefficient (Wildman–Crippen LogP) is 3.21. The molecule has 3 amide bonds. The molecule has 2 fully saturated rings. The number of nitrogens with one attached hydrogen (secondary N) is 1. The van der Waals surface area contributed by atoms with Gasteiger partial charge in [0.05, 0.1) is 18.0 Å². The Morgan fingerprint density at radius 1 is 1.08 bits per heavy atom. The van der Waals surface area contributed by atoms with Gasteiger partial charge in [0.25, 0.3) is 0 Å². The van der Waals surface area contributed by atoms with Gasteiger partial charge in [0, 0.05) is 64.5 Å². The number of anilines is 2. The third-order valence-corrected chi connectivity index (χ3v) is 7.69. The fourth-order valence-electron chi connectivity index (χ4n) is 4.74. The molecule has 0 spiro atoms. The third-order valence-electron chi connectivity index (χ3n) is 6.66. The van der Waals surface area contributed by atoms with E-state index in [2.05, 4.69) is 31.2 Å². The quantitative estimate of drug-likeness (QED) is 0.298. The number of carbonyl (C=O) groups excluding carboxylic acids is 2. The number of hydrogen-bond donors (Lipinski definition) is 1. The molecule has 3 heterocycles. The van der Waals surface area contributed by atoms with Gasteiger partial charge in [-0.25, -0.2) is 14.8 Å². The lowest BCUT2D eigenvalue weighted by molar-refractivity contribution is -0.128. The maximum absolute atomic E-state index is 13.0. The topological polar surface area (TPSA) is 94.1 Å². The van der Waals surface area contributed by atoms with Gasteiger partial charge in [0.2, 0.25) is 5.91 Å². The van der Waals surface area contributed by atoms with E-state index in [1.54, 1.807) is 6.07 Å². The first-order chi connectivity index (χ1) is 18.4. The van der Waals surface area contributed by atoms with Crippen molar-refractivity contribution in [1.29, 1.82) is 0 Å². The molecule has 1 aromatic heterocycles. The van der Waals surface area contributed by atoms with Crippen molar-refractivity contribution in [3.8, 4) is 5.75 Å². The Labute approximate surface area is 233 Å². The van der Waals surface area contributed by atoms with E-state index >= 15 is 0 Å². The smallest absolute Gasteiger partial charge is 0.317 e. The molecule has 38 heavy (non-hydrogen) atoms. The molecule has 0 bridgehead atoms. The van der Waals surface area contributed by atoms with Crippen LogP contribution < -0.4 is 19.9 Å².